The van der Waals surface area contributed by atoms with E-state index in [-0.39, 0.29) is 30.1 Å². The molecule has 0 spiro atoms. The number of halogens is 3. The van der Waals surface area contributed by atoms with Gasteiger partial charge in [-0.25, -0.2) is 17.1 Å². The van der Waals surface area contributed by atoms with E-state index < -0.39 is 15.9 Å². The first-order valence-corrected chi connectivity index (χ1v) is 12.0. The highest BCUT2D eigenvalue weighted by Gasteiger charge is 2.33. The minimum Gasteiger partial charge on any atom is -0.349 e. The van der Waals surface area contributed by atoms with Gasteiger partial charge in [0.25, 0.3) is 0 Å². The number of amides is 1. The molecule has 162 valence electrons. The van der Waals surface area contributed by atoms with E-state index in [9.17, 15) is 17.6 Å². The van der Waals surface area contributed by atoms with Crippen molar-refractivity contribution in [2.24, 2.45) is 5.92 Å². The second kappa shape index (κ2) is 9.64. The van der Waals surface area contributed by atoms with Crippen LogP contribution in [0.2, 0.25) is 10.0 Å². The maximum absolute atomic E-state index is 13.1. The Balaban J connectivity index is 1.64. The fraction of sp³-hybridized carbons (Fsp3) is 0.381. The molecule has 1 aliphatic heterocycles. The first-order valence-electron chi connectivity index (χ1n) is 9.63. The van der Waals surface area contributed by atoms with Gasteiger partial charge >= 0.3 is 0 Å². The van der Waals surface area contributed by atoms with E-state index in [1.165, 1.54) is 22.5 Å². The van der Waals surface area contributed by atoms with E-state index in [1.54, 1.807) is 24.3 Å². The van der Waals surface area contributed by atoms with Gasteiger partial charge in [-0.05, 0) is 55.2 Å². The van der Waals surface area contributed by atoms with Crippen molar-refractivity contribution in [1.82, 2.24) is 9.62 Å². The smallest absolute Gasteiger partial charge is 0.224 e. The lowest BCUT2D eigenvalue weighted by Crippen LogP contribution is -2.46. The molecule has 0 aromatic heterocycles. The first kappa shape index (κ1) is 23.0. The summed E-state index contributed by atoms with van der Waals surface area (Å²) in [5, 5.41) is 3.64. The SMILES string of the molecule is C[C@@H](NC(=O)[C@H]1CCCN(S(=O)(=O)Cc2ccc(Cl)cc2Cl)C1)c1ccc(F)cc1. The van der Waals surface area contributed by atoms with Crippen LogP contribution in [0.3, 0.4) is 0 Å². The van der Waals surface area contributed by atoms with Crippen molar-refractivity contribution < 1.29 is 17.6 Å². The van der Waals surface area contributed by atoms with Gasteiger partial charge in [0, 0.05) is 23.1 Å². The van der Waals surface area contributed by atoms with E-state index in [1.807, 2.05) is 6.92 Å². The van der Waals surface area contributed by atoms with Gasteiger partial charge in [-0.15, -0.1) is 0 Å². The molecule has 9 heteroatoms. The quantitative estimate of drug-likeness (QED) is 0.670. The van der Waals surface area contributed by atoms with Crippen molar-refractivity contribution in [3.63, 3.8) is 0 Å². The second-order valence-corrected chi connectivity index (χ2v) is 10.3. The third kappa shape index (κ3) is 5.72. The highest BCUT2D eigenvalue weighted by Crippen LogP contribution is 2.26. The first-order chi connectivity index (χ1) is 14.2. The van der Waals surface area contributed by atoms with Gasteiger partial charge in [0.2, 0.25) is 15.9 Å². The van der Waals surface area contributed by atoms with Gasteiger partial charge in [-0.2, -0.15) is 0 Å². The molecule has 2 aromatic rings. The zero-order valence-corrected chi connectivity index (χ0v) is 18.8. The summed E-state index contributed by atoms with van der Waals surface area (Å²) in [6.45, 7) is 2.30. The lowest BCUT2D eigenvalue weighted by molar-refractivity contribution is -0.126. The average Bonchev–Trinajstić information content (AvgIpc) is 2.70. The highest BCUT2D eigenvalue weighted by atomic mass is 35.5. The molecule has 3 rings (SSSR count). The summed E-state index contributed by atoms with van der Waals surface area (Å²) in [5.41, 5.74) is 1.25. The fourth-order valence-corrected chi connectivity index (χ4v) is 5.70. The van der Waals surface area contributed by atoms with E-state index >= 15 is 0 Å². The van der Waals surface area contributed by atoms with E-state index in [4.69, 9.17) is 23.2 Å². The third-order valence-corrected chi connectivity index (χ3v) is 7.61. The molecular formula is C21H23Cl2FN2O3S. The Hall–Kier alpha value is -1.67. The molecule has 1 fully saturated rings. The van der Waals surface area contributed by atoms with Crippen molar-refractivity contribution in [2.75, 3.05) is 13.1 Å². The monoisotopic (exact) mass is 472 g/mol. The lowest BCUT2D eigenvalue weighted by Gasteiger charge is -2.32. The fourth-order valence-electron chi connectivity index (χ4n) is 3.50. The molecule has 2 atom stereocenters. The van der Waals surface area contributed by atoms with Crippen molar-refractivity contribution >= 4 is 39.1 Å². The number of hydrogen-bond donors (Lipinski definition) is 1. The van der Waals surface area contributed by atoms with E-state index in [2.05, 4.69) is 5.32 Å². The number of carbonyl (C=O) groups excluding carboxylic acids is 1. The number of hydrogen-bond acceptors (Lipinski definition) is 3. The molecule has 1 N–H and O–H groups in total. The predicted molar refractivity (Wildman–Crippen MR) is 116 cm³/mol. The van der Waals surface area contributed by atoms with E-state index in [0.29, 0.717) is 35.0 Å². The maximum atomic E-state index is 13.1. The van der Waals surface area contributed by atoms with Crippen LogP contribution in [0.25, 0.3) is 0 Å². The third-order valence-electron chi connectivity index (χ3n) is 5.23. The molecule has 1 saturated heterocycles. The number of nitrogens with one attached hydrogen (secondary N) is 1. The highest BCUT2D eigenvalue weighted by molar-refractivity contribution is 7.88. The summed E-state index contributed by atoms with van der Waals surface area (Å²) in [4.78, 5) is 12.7. The molecule has 0 radical (unpaired) electrons. The number of carbonyl (C=O) groups is 1. The molecule has 1 amide bonds. The van der Waals surface area contributed by atoms with Gasteiger partial charge in [-0.3, -0.25) is 4.79 Å². The number of piperidine rings is 1. The molecule has 0 unspecified atom stereocenters. The molecule has 30 heavy (non-hydrogen) atoms. The minimum absolute atomic E-state index is 0.121. The van der Waals surface area contributed by atoms with Crippen LogP contribution in [0.5, 0.6) is 0 Å². The average molecular weight is 473 g/mol. The van der Waals surface area contributed by atoms with Crippen LogP contribution in [-0.4, -0.2) is 31.7 Å². The van der Waals surface area contributed by atoms with Crippen LogP contribution in [0.4, 0.5) is 4.39 Å². The van der Waals surface area contributed by atoms with Crippen LogP contribution in [0.1, 0.15) is 36.9 Å². The molecule has 5 nitrogen and oxygen atoms in total. The van der Waals surface area contributed by atoms with Gasteiger partial charge in [-0.1, -0.05) is 41.4 Å². The van der Waals surface area contributed by atoms with Crippen molar-refractivity contribution in [3.8, 4) is 0 Å². The summed E-state index contributed by atoms with van der Waals surface area (Å²) in [6.07, 6.45) is 1.20. The number of rotatable bonds is 6. The number of sulfonamides is 1. The summed E-state index contributed by atoms with van der Waals surface area (Å²) in [7, 11) is -3.64. The summed E-state index contributed by atoms with van der Waals surface area (Å²) >= 11 is 12.0. The van der Waals surface area contributed by atoms with E-state index in [0.717, 1.165) is 5.56 Å². The van der Waals surface area contributed by atoms with Crippen LogP contribution in [-0.2, 0) is 20.6 Å². The molecule has 1 heterocycles. The van der Waals surface area contributed by atoms with Gasteiger partial charge in [0.05, 0.1) is 17.7 Å². The Labute approximate surface area is 186 Å². The predicted octanol–water partition coefficient (Wildman–Crippen LogP) is 4.55. The lowest BCUT2D eigenvalue weighted by atomic mass is 9.98. The molecular weight excluding hydrogens is 450 g/mol. The van der Waals surface area contributed by atoms with Crippen molar-refractivity contribution in [2.45, 2.75) is 31.6 Å². The zero-order valence-electron chi connectivity index (χ0n) is 16.4. The standard InChI is InChI=1S/C21H23Cl2FN2O3S/c1-14(15-5-8-19(24)9-6-15)25-21(27)16-3-2-10-26(12-16)30(28,29)13-17-4-7-18(22)11-20(17)23/h4-9,11,14,16H,2-3,10,12-13H2,1H3,(H,25,27)/t14-,16+/m1/s1. The van der Waals surface area contributed by atoms with Gasteiger partial charge < -0.3 is 5.32 Å². The topological polar surface area (TPSA) is 66.5 Å². The Kier molecular flexibility index (Phi) is 7.39. The van der Waals surface area contributed by atoms with Crippen molar-refractivity contribution in [1.29, 1.82) is 0 Å². The van der Waals surface area contributed by atoms with Crippen LogP contribution >= 0.6 is 23.2 Å². The molecule has 0 aliphatic carbocycles. The largest absolute Gasteiger partial charge is 0.349 e. The van der Waals surface area contributed by atoms with Crippen molar-refractivity contribution in [3.05, 3.63) is 69.5 Å². The Morgan fingerprint density at radius 2 is 1.93 bits per heavy atom. The number of benzene rings is 2. The summed E-state index contributed by atoms with van der Waals surface area (Å²) < 4.78 is 40.3. The number of nitrogens with zero attached hydrogens (tertiary/aromatic N) is 1. The van der Waals surface area contributed by atoms with Gasteiger partial charge in [0.15, 0.2) is 0 Å². The van der Waals surface area contributed by atoms with Crippen LogP contribution < -0.4 is 5.32 Å². The van der Waals surface area contributed by atoms with Gasteiger partial charge in [0.1, 0.15) is 5.82 Å². The Bertz CT molecular complexity index is 1020. The summed E-state index contributed by atoms with van der Waals surface area (Å²) in [6, 6.07) is 10.3. The molecule has 1 aliphatic rings. The minimum atomic E-state index is -3.64. The molecule has 2 aromatic carbocycles. The zero-order chi connectivity index (χ0) is 21.9. The second-order valence-electron chi connectivity index (χ2n) is 7.47. The van der Waals surface area contributed by atoms with Crippen LogP contribution in [0, 0.1) is 11.7 Å². The van der Waals surface area contributed by atoms with Crippen LogP contribution in [0.15, 0.2) is 42.5 Å². The molecule has 0 bridgehead atoms. The molecule has 0 saturated carbocycles. The summed E-state index contributed by atoms with van der Waals surface area (Å²) in [5.74, 6) is -1.25. The normalized spacial score (nSPS) is 18.7. The maximum Gasteiger partial charge on any atom is 0.224 e. The Morgan fingerprint density at radius 1 is 1.23 bits per heavy atom. The Morgan fingerprint density at radius 3 is 2.60 bits per heavy atom.